The molecule has 3 aromatic heterocycles. The lowest BCUT2D eigenvalue weighted by atomic mass is 9.98. The lowest BCUT2D eigenvalue weighted by Crippen LogP contribution is -2.41. The maximum Gasteiger partial charge on any atom is 0.274 e. The van der Waals surface area contributed by atoms with Gasteiger partial charge in [0.25, 0.3) is 5.91 Å². The number of pyridine rings is 1. The van der Waals surface area contributed by atoms with Crippen LogP contribution < -0.4 is 0 Å². The number of hydrogen-bond acceptors (Lipinski definition) is 5. The molecule has 0 saturated carbocycles. The molecule has 136 valence electrons. The number of hydrogen-bond donors (Lipinski definition) is 1. The largest absolute Gasteiger partial charge is 0.390 e. The summed E-state index contributed by atoms with van der Waals surface area (Å²) >= 11 is 0. The molecular weight excluding hydrogens is 332 g/mol. The monoisotopic (exact) mass is 354 g/mol. The third-order valence-electron chi connectivity index (χ3n) is 4.83. The van der Waals surface area contributed by atoms with Crippen LogP contribution in [-0.2, 0) is 13.2 Å². The fraction of sp³-hybridized carbons (Fsp3) is 0.444. The Balaban J connectivity index is 1.46. The van der Waals surface area contributed by atoms with E-state index in [1.54, 1.807) is 17.1 Å². The molecule has 1 fully saturated rings. The van der Waals surface area contributed by atoms with Crippen molar-refractivity contribution in [3.05, 3.63) is 47.7 Å². The van der Waals surface area contributed by atoms with Crippen LogP contribution >= 0.6 is 0 Å². The van der Waals surface area contributed by atoms with Gasteiger partial charge in [0.2, 0.25) is 0 Å². The van der Waals surface area contributed by atoms with E-state index in [1.807, 2.05) is 34.6 Å². The number of piperidine rings is 1. The molecule has 1 aliphatic rings. The Morgan fingerprint density at radius 3 is 3.08 bits per heavy atom. The first kappa shape index (κ1) is 16.7. The second-order valence-electron chi connectivity index (χ2n) is 6.95. The molecular formula is C18H22N6O2. The van der Waals surface area contributed by atoms with Crippen LogP contribution in [0.3, 0.4) is 0 Å². The molecule has 0 spiro atoms. The molecule has 0 aliphatic carbocycles. The zero-order chi connectivity index (χ0) is 18.1. The maximum atomic E-state index is 12.9. The number of fused-ring (bicyclic) bond motifs is 1. The van der Waals surface area contributed by atoms with Gasteiger partial charge in [-0.2, -0.15) is 0 Å². The Morgan fingerprint density at radius 1 is 1.38 bits per heavy atom. The van der Waals surface area contributed by atoms with Gasteiger partial charge in [-0.25, -0.2) is 4.98 Å². The molecule has 1 saturated heterocycles. The Labute approximate surface area is 151 Å². The average molecular weight is 354 g/mol. The molecule has 1 N–H and O–H groups in total. The summed E-state index contributed by atoms with van der Waals surface area (Å²) in [6, 6.07) is 3.97. The van der Waals surface area contributed by atoms with Crippen molar-refractivity contribution in [2.75, 3.05) is 13.1 Å². The zero-order valence-corrected chi connectivity index (χ0v) is 14.7. The molecule has 0 aromatic carbocycles. The quantitative estimate of drug-likeness (QED) is 0.762. The van der Waals surface area contributed by atoms with Gasteiger partial charge in [0.15, 0.2) is 0 Å². The Hall–Kier alpha value is -2.74. The van der Waals surface area contributed by atoms with E-state index in [0.717, 1.165) is 30.6 Å². The third-order valence-corrected chi connectivity index (χ3v) is 4.83. The van der Waals surface area contributed by atoms with Crippen molar-refractivity contribution in [2.24, 2.45) is 5.92 Å². The fourth-order valence-corrected chi connectivity index (χ4v) is 3.51. The Kier molecular flexibility index (Phi) is 4.42. The number of aryl methyl sites for hydroxylation is 1. The topological polar surface area (TPSA) is 88.5 Å². The summed E-state index contributed by atoms with van der Waals surface area (Å²) < 4.78 is 3.63. The minimum absolute atomic E-state index is 0.0225. The van der Waals surface area contributed by atoms with Gasteiger partial charge in [0, 0.05) is 32.0 Å². The highest BCUT2D eigenvalue weighted by Crippen LogP contribution is 2.20. The van der Waals surface area contributed by atoms with E-state index in [2.05, 4.69) is 15.3 Å². The maximum absolute atomic E-state index is 12.9. The van der Waals surface area contributed by atoms with Gasteiger partial charge in [-0.3, -0.25) is 9.48 Å². The van der Waals surface area contributed by atoms with Gasteiger partial charge in [0.1, 0.15) is 17.0 Å². The number of amides is 1. The van der Waals surface area contributed by atoms with Gasteiger partial charge >= 0.3 is 0 Å². The summed E-state index contributed by atoms with van der Waals surface area (Å²) in [6.45, 7) is 4.03. The number of nitrogens with zero attached hydrogens (tertiary/aromatic N) is 6. The summed E-state index contributed by atoms with van der Waals surface area (Å²) in [7, 11) is 0. The van der Waals surface area contributed by atoms with Crippen LogP contribution in [0.5, 0.6) is 0 Å². The van der Waals surface area contributed by atoms with Crippen LogP contribution in [0, 0.1) is 12.8 Å². The minimum atomic E-state index is -0.108. The smallest absolute Gasteiger partial charge is 0.274 e. The first-order valence-corrected chi connectivity index (χ1v) is 8.87. The Morgan fingerprint density at radius 2 is 2.27 bits per heavy atom. The highest BCUT2D eigenvalue weighted by atomic mass is 16.3. The van der Waals surface area contributed by atoms with Gasteiger partial charge in [-0.1, -0.05) is 5.21 Å². The van der Waals surface area contributed by atoms with Gasteiger partial charge < -0.3 is 14.4 Å². The molecule has 3 aromatic rings. The van der Waals surface area contributed by atoms with Crippen molar-refractivity contribution < 1.29 is 9.90 Å². The first-order chi connectivity index (χ1) is 12.6. The van der Waals surface area contributed by atoms with Crippen molar-refractivity contribution in [1.29, 1.82) is 0 Å². The zero-order valence-electron chi connectivity index (χ0n) is 14.7. The van der Waals surface area contributed by atoms with Crippen molar-refractivity contribution in [2.45, 2.75) is 32.9 Å². The standard InChI is InChI=1S/C18H22N6O2/c1-13-4-6-22-11-16(19-17(22)7-13)18(26)23-5-2-3-14(8-23)9-24-10-15(12-25)20-21-24/h4,6-7,10-11,14,25H,2-3,5,8-9,12H2,1H3. The van der Waals surface area contributed by atoms with Crippen LogP contribution in [0.2, 0.25) is 0 Å². The lowest BCUT2D eigenvalue weighted by Gasteiger charge is -2.32. The molecule has 8 nitrogen and oxygen atoms in total. The van der Waals surface area contributed by atoms with E-state index in [1.165, 1.54) is 0 Å². The van der Waals surface area contributed by atoms with Crippen molar-refractivity contribution in [1.82, 2.24) is 29.3 Å². The number of aromatic nitrogens is 5. The molecule has 0 bridgehead atoms. The predicted octanol–water partition coefficient (Wildman–Crippen LogP) is 1.28. The van der Waals surface area contributed by atoms with Crippen molar-refractivity contribution >= 4 is 11.6 Å². The minimum Gasteiger partial charge on any atom is -0.390 e. The van der Waals surface area contributed by atoms with Gasteiger partial charge in [-0.05, 0) is 43.4 Å². The van der Waals surface area contributed by atoms with Crippen molar-refractivity contribution in [3.63, 3.8) is 0 Å². The second kappa shape index (κ2) is 6.87. The van der Waals surface area contributed by atoms with E-state index >= 15 is 0 Å². The van der Waals surface area contributed by atoms with Crippen LogP contribution in [0.1, 0.15) is 34.6 Å². The van der Waals surface area contributed by atoms with Gasteiger partial charge in [-0.15, -0.1) is 5.10 Å². The van der Waals surface area contributed by atoms with Crippen LogP contribution in [0.15, 0.2) is 30.7 Å². The average Bonchev–Trinajstić information content (AvgIpc) is 3.27. The van der Waals surface area contributed by atoms with Gasteiger partial charge in [0.05, 0.1) is 12.8 Å². The predicted molar refractivity (Wildman–Crippen MR) is 94.5 cm³/mol. The third kappa shape index (κ3) is 3.32. The number of rotatable bonds is 4. The normalized spacial score (nSPS) is 17.8. The lowest BCUT2D eigenvalue weighted by molar-refractivity contribution is 0.0654. The highest BCUT2D eigenvalue weighted by Gasteiger charge is 2.26. The molecule has 4 heterocycles. The molecule has 0 radical (unpaired) electrons. The van der Waals surface area contributed by atoms with E-state index in [9.17, 15) is 4.79 Å². The number of likely N-dealkylation sites (tertiary alicyclic amines) is 1. The summed E-state index contributed by atoms with van der Waals surface area (Å²) in [4.78, 5) is 19.3. The fourth-order valence-electron chi connectivity index (χ4n) is 3.51. The number of aliphatic hydroxyl groups excluding tert-OH is 1. The van der Waals surface area contributed by atoms with E-state index in [0.29, 0.717) is 30.4 Å². The molecule has 26 heavy (non-hydrogen) atoms. The van der Waals surface area contributed by atoms with Crippen molar-refractivity contribution in [3.8, 4) is 0 Å². The summed E-state index contributed by atoms with van der Waals surface area (Å²) in [5.41, 5.74) is 2.96. The molecule has 1 amide bonds. The number of aliphatic hydroxyl groups is 1. The highest BCUT2D eigenvalue weighted by molar-refractivity contribution is 5.93. The first-order valence-electron chi connectivity index (χ1n) is 8.87. The number of imidazole rings is 1. The van der Waals surface area contributed by atoms with Crippen LogP contribution in [0.4, 0.5) is 0 Å². The van der Waals surface area contributed by atoms with Crippen LogP contribution in [-0.4, -0.2) is 53.4 Å². The van der Waals surface area contributed by atoms with E-state index < -0.39 is 0 Å². The molecule has 1 unspecified atom stereocenters. The Bertz CT molecular complexity index is 931. The SMILES string of the molecule is Cc1ccn2cc(C(=O)N3CCCC(Cn4cc(CO)nn4)C3)nc2c1. The molecule has 1 atom stereocenters. The van der Waals surface area contributed by atoms with Crippen LogP contribution in [0.25, 0.3) is 5.65 Å². The molecule has 4 rings (SSSR count). The summed E-state index contributed by atoms with van der Waals surface area (Å²) in [5, 5.41) is 17.0. The second-order valence-corrected chi connectivity index (χ2v) is 6.95. The summed E-state index contributed by atoms with van der Waals surface area (Å²) in [5.74, 6) is 0.297. The number of carbonyl (C=O) groups is 1. The van der Waals surface area contributed by atoms with E-state index in [-0.39, 0.29) is 12.5 Å². The molecule has 1 aliphatic heterocycles. The van der Waals surface area contributed by atoms with E-state index in [4.69, 9.17) is 5.11 Å². The summed E-state index contributed by atoms with van der Waals surface area (Å²) in [6.07, 6.45) is 7.49. The number of carbonyl (C=O) groups excluding carboxylic acids is 1. The molecule has 8 heteroatoms.